The van der Waals surface area contributed by atoms with Crippen LogP contribution in [0.4, 0.5) is 0 Å². The number of aliphatic imine (C=N–C) groups is 1. The molecule has 1 aliphatic heterocycles. The second-order valence-electron chi connectivity index (χ2n) is 4.38. The molecule has 2 N–H and O–H groups in total. The summed E-state index contributed by atoms with van der Waals surface area (Å²) in [4.78, 5) is 17.2. The molecular formula is C11H15Cl2N3O. The van der Waals surface area contributed by atoms with Gasteiger partial charge in [0.2, 0.25) is 0 Å². The fourth-order valence-corrected chi connectivity index (χ4v) is 2.92. The molecule has 1 fully saturated rings. The van der Waals surface area contributed by atoms with Crippen molar-refractivity contribution in [2.24, 2.45) is 10.7 Å². The van der Waals surface area contributed by atoms with Gasteiger partial charge in [0.25, 0.3) is 5.91 Å². The number of primary amides is 1. The number of hydrogen-bond acceptors (Lipinski definition) is 3. The molecule has 2 rings (SSSR count). The lowest BCUT2D eigenvalue weighted by Crippen LogP contribution is -2.41. The Hall–Kier alpha value is -0.740. The van der Waals surface area contributed by atoms with Crippen molar-refractivity contribution >= 4 is 34.3 Å². The van der Waals surface area contributed by atoms with Gasteiger partial charge in [-0.2, -0.15) is 0 Å². The second kappa shape index (κ2) is 5.27. The minimum absolute atomic E-state index is 0.101. The molecule has 94 valence electrons. The second-order valence-corrected chi connectivity index (χ2v) is 5.13. The standard InChI is InChI=1S/C11H15Cl2N3O/c12-9-8(10(14)17)6-16(11(13)15-9)7-4-2-1-3-5-7/h6-7,11H,1-5H2,(H2,14,17). The van der Waals surface area contributed by atoms with Crippen molar-refractivity contribution in [1.82, 2.24) is 4.90 Å². The largest absolute Gasteiger partial charge is 0.365 e. The van der Waals surface area contributed by atoms with Crippen LogP contribution in [0.1, 0.15) is 32.1 Å². The summed E-state index contributed by atoms with van der Waals surface area (Å²) in [6.45, 7) is 0. The molecule has 0 aromatic rings. The van der Waals surface area contributed by atoms with Crippen molar-refractivity contribution in [3.8, 4) is 0 Å². The molecule has 0 spiro atoms. The average molecular weight is 276 g/mol. The maximum atomic E-state index is 11.2. The maximum Gasteiger partial charge on any atom is 0.253 e. The van der Waals surface area contributed by atoms with Crippen LogP contribution in [-0.2, 0) is 4.79 Å². The van der Waals surface area contributed by atoms with E-state index in [2.05, 4.69) is 4.99 Å². The summed E-state index contributed by atoms with van der Waals surface area (Å²) in [7, 11) is 0. The van der Waals surface area contributed by atoms with Crippen LogP contribution in [0.5, 0.6) is 0 Å². The van der Waals surface area contributed by atoms with E-state index in [0.29, 0.717) is 6.04 Å². The summed E-state index contributed by atoms with van der Waals surface area (Å²) in [5.74, 6) is -0.567. The van der Waals surface area contributed by atoms with Crippen LogP contribution < -0.4 is 5.73 Å². The predicted molar refractivity (Wildman–Crippen MR) is 68.9 cm³/mol. The predicted octanol–water partition coefficient (Wildman–Crippen LogP) is 2.16. The van der Waals surface area contributed by atoms with Gasteiger partial charge in [-0.1, -0.05) is 42.5 Å². The van der Waals surface area contributed by atoms with Crippen molar-refractivity contribution in [2.75, 3.05) is 0 Å². The molecule has 1 atom stereocenters. The van der Waals surface area contributed by atoms with Crippen LogP contribution in [-0.4, -0.2) is 27.6 Å². The molecule has 0 bridgehead atoms. The number of nitrogens with two attached hydrogens (primary N) is 1. The van der Waals surface area contributed by atoms with Crippen molar-refractivity contribution in [1.29, 1.82) is 0 Å². The van der Waals surface area contributed by atoms with Crippen molar-refractivity contribution in [2.45, 2.75) is 43.8 Å². The Labute approximate surface area is 110 Å². The maximum absolute atomic E-state index is 11.2. The van der Waals surface area contributed by atoms with Gasteiger partial charge in [0.1, 0.15) is 5.17 Å². The number of halogens is 2. The molecule has 2 aliphatic rings. The van der Waals surface area contributed by atoms with Crippen molar-refractivity contribution < 1.29 is 4.79 Å². The fourth-order valence-electron chi connectivity index (χ4n) is 2.32. The number of amides is 1. The lowest BCUT2D eigenvalue weighted by molar-refractivity contribution is -0.114. The van der Waals surface area contributed by atoms with Gasteiger partial charge >= 0.3 is 0 Å². The molecular weight excluding hydrogens is 261 g/mol. The first kappa shape index (κ1) is 12.7. The van der Waals surface area contributed by atoms with Crippen LogP contribution in [0, 0.1) is 0 Å². The highest BCUT2D eigenvalue weighted by Crippen LogP contribution is 2.29. The Morgan fingerprint density at radius 1 is 1.41 bits per heavy atom. The lowest BCUT2D eigenvalue weighted by atomic mass is 9.94. The summed E-state index contributed by atoms with van der Waals surface area (Å²) in [6.07, 6.45) is 7.42. The molecule has 1 heterocycles. The SMILES string of the molecule is NC(=O)C1=CN(C2CCCCC2)C(Cl)N=C1Cl. The topological polar surface area (TPSA) is 58.7 Å². The monoisotopic (exact) mass is 275 g/mol. The van der Waals surface area contributed by atoms with Gasteiger partial charge in [0.15, 0.2) is 5.62 Å². The van der Waals surface area contributed by atoms with E-state index in [1.54, 1.807) is 6.20 Å². The fraction of sp³-hybridized carbons (Fsp3) is 0.636. The summed E-state index contributed by atoms with van der Waals surface area (Å²) < 4.78 is 0. The minimum Gasteiger partial charge on any atom is -0.365 e. The van der Waals surface area contributed by atoms with Gasteiger partial charge < -0.3 is 10.6 Å². The molecule has 4 nitrogen and oxygen atoms in total. The zero-order valence-electron chi connectivity index (χ0n) is 9.40. The molecule has 0 aromatic carbocycles. The van der Waals surface area contributed by atoms with Crippen LogP contribution >= 0.6 is 23.2 Å². The highest BCUT2D eigenvalue weighted by atomic mass is 35.5. The first-order valence-electron chi connectivity index (χ1n) is 5.76. The van der Waals surface area contributed by atoms with Crippen LogP contribution in [0.25, 0.3) is 0 Å². The van der Waals surface area contributed by atoms with Gasteiger partial charge in [-0.3, -0.25) is 4.79 Å². The smallest absolute Gasteiger partial charge is 0.253 e. The Morgan fingerprint density at radius 3 is 2.65 bits per heavy atom. The van der Waals surface area contributed by atoms with Crippen molar-refractivity contribution in [3.63, 3.8) is 0 Å². The first-order valence-corrected chi connectivity index (χ1v) is 6.58. The van der Waals surface area contributed by atoms with E-state index in [-0.39, 0.29) is 10.7 Å². The summed E-state index contributed by atoms with van der Waals surface area (Å²) in [5, 5.41) is 0.101. The van der Waals surface area contributed by atoms with Gasteiger partial charge in [-0.25, -0.2) is 4.99 Å². The Bertz CT molecular complexity index is 375. The summed E-state index contributed by atoms with van der Waals surface area (Å²) in [6, 6.07) is 0.328. The number of hydrogen-bond donors (Lipinski definition) is 1. The number of alkyl halides is 1. The molecule has 0 aromatic heterocycles. The van der Waals surface area contributed by atoms with Gasteiger partial charge in [0, 0.05) is 12.2 Å². The molecule has 0 radical (unpaired) electrons. The third-order valence-corrected chi connectivity index (χ3v) is 3.85. The van der Waals surface area contributed by atoms with E-state index in [1.807, 2.05) is 4.90 Å². The van der Waals surface area contributed by atoms with E-state index in [0.717, 1.165) is 12.8 Å². The molecule has 1 amide bonds. The average Bonchev–Trinajstić information content (AvgIpc) is 2.29. The van der Waals surface area contributed by atoms with E-state index in [9.17, 15) is 4.79 Å². The zero-order chi connectivity index (χ0) is 12.4. The number of nitrogens with zero attached hydrogens (tertiary/aromatic N) is 2. The summed E-state index contributed by atoms with van der Waals surface area (Å²) >= 11 is 12.0. The summed E-state index contributed by atoms with van der Waals surface area (Å²) in [5.41, 5.74) is 4.96. The van der Waals surface area contributed by atoms with E-state index >= 15 is 0 Å². The Balaban J connectivity index is 2.19. The molecule has 6 heteroatoms. The van der Waals surface area contributed by atoms with E-state index in [4.69, 9.17) is 28.9 Å². The van der Waals surface area contributed by atoms with Crippen LogP contribution in [0.2, 0.25) is 0 Å². The van der Waals surface area contributed by atoms with Crippen LogP contribution in [0.15, 0.2) is 16.8 Å². The Morgan fingerprint density at radius 2 is 2.06 bits per heavy atom. The highest BCUT2D eigenvalue weighted by molar-refractivity contribution is 6.72. The third-order valence-electron chi connectivity index (χ3n) is 3.23. The van der Waals surface area contributed by atoms with Crippen LogP contribution in [0.3, 0.4) is 0 Å². The quantitative estimate of drug-likeness (QED) is 0.620. The minimum atomic E-state index is -0.567. The number of carbonyl (C=O) groups is 1. The van der Waals surface area contributed by atoms with E-state index in [1.165, 1.54) is 19.3 Å². The molecule has 1 saturated carbocycles. The molecule has 0 saturated heterocycles. The lowest BCUT2D eigenvalue weighted by Gasteiger charge is -2.37. The number of carbonyl (C=O) groups excluding carboxylic acids is 1. The first-order chi connectivity index (χ1) is 8.09. The molecule has 1 aliphatic carbocycles. The van der Waals surface area contributed by atoms with Gasteiger partial charge in [-0.15, -0.1) is 0 Å². The molecule has 17 heavy (non-hydrogen) atoms. The molecule has 1 unspecified atom stereocenters. The van der Waals surface area contributed by atoms with Crippen molar-refractivity contribution in [3.05, 3.63) is 11.8 Å². The normalized spacial score (nSPS) is 26.5. The zero-order valence-corrected chi connectivity index (χ0v) is 10.9. The highest BCUT2D eigenvalue weighted by Gasteiger charge is 2.29. The van der Waals surface area contributed by atoms with Gasteiger partial charge in [-0.05, 0) is 12.8 Å². The third kappa shape index (κ3) is 2.75. The van der Waals surface area contributed by atoms with E-state index < -0.39 is 11.5 Å². The Kier molecular flexibility index (Phi) is 3.94. The number of rotatable bonds is 2. The van der Waals surface area contributed by atoms with Gasteiger partial charge in [0.05, 0.1) is 5.57 Å².